The molecule has 1 heterocycles. The molecule has 0 spiro atoms. The summed E-state index contributed by atoms with van der Waals surface area (Å²) in [5, 5.41) is 7.38. The van der Waals surface area contributed by atoms with E-state index in [-0.39, 0.29) is 12.5 Å². The maximum Gasteiger partial charge on any atom is 0.338 e. The van der Waals surface area contributed by atoms with Crippen LogP contribution in [0, 0.1) is 6.92 Å². The predicted octanol–water partition coefficient (Wildman–Crippen LogP) is 1.75. The van der Waals surface area contributed by atoms with Crippen LogP contribution in [0.15, 0.2) is 22.6 Å². The fourth-order valence-corrected chi connectivity index (χ4v) is 1.57. The van der Waals surface area contributed by atoms with Crippen LogP contribution in [0.25, 0.3) is 0 Å². The lowest BCUT2D eigenvalue weighted by Gasteiger charge is -2.08. The number of hydrogen-bond acceptors (Lipinski definition) is 7. The van der Waals surface area contributed by atoms with Crippen LogP contribution in [0.2, 0.25) is 0 Å². The van der Waals surface area contributed by atoms with E-state index >= 15 is 0 Å². The third kappa shape index (κ3) is 3.05. The zero-order valence-corrected chi connectivity index (χ0v) is 11.4. The number of hydrogen-bond donors (Lipinski definition) is 0. The van der Waals surface area contributed by atoms with Crippen molar-refractivity contribution >= 4 is 5.97 Å². The molecular weight excluding hydrogens is 264 g/mol. The largest absolute Gasteiger partial charge is 0.493 e. The SMILES string of the molecule is COc1ccc(C(=O)OCc2nnc(C)o2)cc1OC. The number of aryl methyl sites for hydroxylation is 1. The highest BCUT2D eigenvalue weighted by Crippen LogP contribution is 2.27. The third-order valence-corrected chi connectivity index (χ3v) is 2.51. The van der Waals surface area contributed by atoms with E-state index in [1.165, 1.54) is 14.2 Å². The number of carbonyl (C=O) groups is 1. The van der Waals surface area contributed by atoms with Crippen molar-refractivity contribution in [2.24, 2.45) is 0 Å². The zero-order chi connectivity index (χ0) is 14.5. The molecular formula is C13H14N2O5. The summed E-state index contributed by atoms with van der Waals surface area (Å²) in [7, 11) is 3.02. The van der Waals surface area contributed by atoms with Gasteiger partial charge in [-0.3, -0.25) is 0 Å². The first-order valence-electron chi connectivity index (χ1n) is 5.82. The van der Waals surface area contributed by atoms with E-state index in [9.17, 15) is 4.79 Å². The van der Waals surface area contributed by atoms with Crippen molar-refractivity contribution in [2.75, 3.05) is 14.2 Å². The molecule has 0 saturated heterocycles. The van der Waals surface area contributed by atoms with Gasteiger partial charge < -0.3 is 18.6 Å². The molecule has 20 heavy (non-hydrogen) atoms. The lowest BCUT2D eigenvalue weighted by Crippen LogP contribution is -2.06. The molecule has 0 aliphatic heterocycles. The van der Waals surface area contributed by atoms with Crippen LogP contribution in [0.3, 0.4) is 0 Å². The molecule has 1 aromatic carbocycles. The molecule has 0 radical (unpaired) electrons. The molecule has 0 unspecified atom stereocenters. The van der Waals surface area contributed by atoms with Crippen LogP contribution in [0.4, 0.5) is 0 Å². The van der Waals surface area contributed by atoms with Gasteiger partial charge in [-0.1, -0.05) is 0 Å². The quantitative estimate of drug-likeness (QED) is 0.770. The number of carbonyl (C=O) groups excluding carboxylic acids is 1. The van der Waals surface area contributed by atoms with E-state index in [0.717, 1.165) is 0 Å². The Morgan fingerprint density at radius 3 is 2.55 bits per heavy atom. The molecule has 0 aliphatic carbocycles. The molecule has 0 atom stereocenters. The Kier molecular flexibility index (Phi) is 4.19. The lowest BCUT2D eigenvalue weighted by atomic mass is 10.2. The van der Waals surface area contributed by atoms with E-state index in [2.05, 4.69) is 10.2 Å². The average molecular weight is 278 g/mol. The molecule has 0 aliphatic rings. The van der Waals surface area contributed by atoms with Crippen molar-refractivity contribution in [1.29, 1.82) is 0 Å². The summed E-state index contributed by atoms with van der Waals surface area (Å²) in [6.45, 7) is 1.58. The third-order valence-electron chi connectivity index (χ3n) is 2.51. The molecule has 1 aromatic heterocycles. The highest BCUT2D eigenvalue weighted by Gasteiger charge is 2.13. The van der Waals surface area contributed by atoms with Crippen LogP contribution in [-0.4, -0.2) is 30.4 Å². The fraction of sp³-hybridized carbons (Fsp3) is 0.308. The van der Waals surface area contributed by atoms with Crippen LogP contribution in [0.5, 0.6) is 11.5 Å². The van der Waals surface area contributed by atoms with Gasteiger partial charge in [0.2, 0.25) is 5.89 Å². The number of benzene rings is 1. The Bertz CT molecular complexity index is 609. The minimum atomic E-state index is -0.512. The van der Waals surface area contributed by atoms with E-state index in [0.29, 0.717) is 23.0 Å². The molecule has 2 rings (SSSR count). The first kappa shape index (κ1) is 13.9. The second-order valence-corrected chi connectivity index (χ2v) is 3.86. The normalized spacial score (nSPS) is 10.2. The van der Waals surface area contributed by atoms with Gasteiger partial charge in [-0.25, -0.2) is 4.79 Å². The molecule has 0 fully saturated rings. The van der Waals surface area contributed by atoms with Crippen LogP contribution in [0.1, 0.15) is 22.1 Å². The van der Waals surface area contributed by atoms with Gasteiger partial charge in [0.25, 0.3) is 5.89 Å². The minimum absolute atomic E-state index is 0.0754. The highest BCUT2D eigenvalue weighted by molar-refractivity contribution is 5.90. The van der Waals surface area contributed by atoms with Crippen molar-refractivity contribution in [2.45, 2.75) is 13.5 Å². The molecule has 0 saturated carbocycles. The van der Waals surface area contributed by atoms with Gasteiger partial charge in [0.15, 0.2) is 18.1 Å². The lowest BCUT2D eigenvalue weighted by molar-refractivity contribution is 0.0436. The molecule has 7 nitrogen and oxygen atoms in total. The first-order valence-corrected chi connectivity index (χ1v) is 5.82. The Balaban J connectivity index is 2.05. The van der Waals surface area contributed by atoms with E-state index in [4.69, 9.17) is 18.6 Å². The van der Waals surface area contributed by atoms with Gasteiger partial charge in [-0.15, -0.1) is 10.2 Å². The average Bonchev–Trinajstić information content (AvgIpc) is 2.89. The van der Waals surface area contributed by atoms with Crippen molar-refractivity contribution in [1.82, 2.24) is 10.2 Å². The Labute approximate surface area is 115 Å². The number of esters is 1. The van der Waals surface area contributed by atoms with Gasteiger partial charge >= 0.3 is 5.97 Å². The van der Waals surface area contributed by atoms with E-state index in [1.807, 2.05) is 0 Å². The number of methoxy groups -OCH3 is 2. The van der Waals surface area contributed by atoms with Crippen molar-refractivity contribution in [3.05, 3.63) is 35.5 Å². The number of aromatic nitrogens is 2. The molecule has 0 bridgehead atoms. The van der Waals surface area contributed by atoms with Crippen LogP contribution in [-0.2, 0) is 11.3 Å². The van der Waals surface area contributed by atoms with Gasteiger partial charge in [0, 0.05) is 6.92 Å². The fourth-order valence-electron chi connectivity index (χ4n) is 1.57. The van der Waals surface area contributed by atoms with E-state index < -0.39 is 5.97 Å². The summed E-state index contributed by atoms with van der Waals surface area (Å²) in [5.74, 6) is 1.15. The molecule has 0 amide bonds. The number of rotatable bonds is 5. The minimum Gasteiger partial charge on any atom is -0.493 e. The van der Waals surface area contributed by atoms with E-state index in [1.54, 1.807) is 25.1 Å². The summed E-state index contributed by atoms with van der Waals surface area (Å²) in [6.07, 6.45) is 0. The standard InChI is InChI=1S/C13H14N2O5/c1-8-14-15-12(20-8)7-19-13(16)9-4-5-10(17-2)11(6-9)18-3/h4-6H,7H2,1-3H3. The smallest absolute Gasteiger partial charge is 0.338 e. The van der Waals surface area contributed by atoms with Crippen molar-refractivity contribution in [3.8, 4) is 11.5 Å². The summed E-state index contributed by atoms with van der Waals surface area (Å²) < 4.78 is 20.4. The van der Waals surface area contributed by atoms with Crippen LogP contribution < -0.4 is 9.47 Å². The molecule has 106 valence electrons. The monoisotopic (exact) mass is 278 g/mol. The summed E-state index contributed by atoms with van der Waals surface area (Å²) in [6, 6.07) is 4.76. The summed E-state index contributed by atoms with van der Waals surface area (Å²) in [5.41, 5.74) is 0.346. The summed E-state index contributed by atoms with van der Waals surface area (Å²) >= 11 is 0. The zero-order valence-electron chi connectivity index (χ0n) is 11.4. The second-order valence-electron chi connectivity index (χ2n) is 3.86. The maximum atomic E-state index is 11.9. The second kappa shape index (κ2) is 6.05. The van der Waals surface area contributed by atoms with Gasteiger partial charge in [0.1, 0.15) is 0 Å². The molecule has 2 aromatic rings. The highest BCUT2D eigenvalue weighted by atomic mass is 16.5. The Hall–Kier alpha value is -2.57. The number of ether oxygens (including phenoxy) is 3. The Morgan fingerprint density at radius 1 is 1.20 bits per heavy atom. The summed E-state index contributed by atoms with van der Waals surface area (Å²) in [4.78, 5) is 11.9. The van der Waals surface area contributed by atoms with Gasteiger partial charge in [0.05, 0.1) is 19.8 Å². The van der Waals surface area contributed by atoms with Crippen molar-refractivity contribution in [3.63, 3.8) is 0 Å². The van der Waals surface area contributed by atoms with Crippen LogP contribution >= 0.6 is 0 Å². The van der Waals surface area contributed by atoms with Gasteiger partial charge in [-0.05, 0) is 18.2 Å². The number of nitrogens with zero attached hydrogens (tertiary/aromatic N) is 2. The first-order chi connectivity index (χ1) is 9.63. The topological polar surface area (TPSA) is 83.7 Å². The predicted molar refractivity (Wildman–Crippen MR) is 67.7 cm³/mol. The van der Waals surface area contributed by atoms with Crippen molar-refractivity contribution < 1.29 is 23.4 Å². The Morgan fingerprint density at radius 2 is 1.95 bits per heavy atom. The van der Waals surface area contributed by atoms with Gasteiger partial charge in [-0.2, -0.15) is 0 Å². The molecule has 7 heteroatoms. The molecule has 0 N–H and O–H groups in total. The maximum absolute atomic E-state index is 11.9.